The van der Waals surface area contributed by atoms with Gasteiger partial charge in [-0.1, -0.05) is 141 Å². The van der Waals surface area contributed by atoms with Gasteiger partial charge in [0.15, 0.2) is 0 Å². The average molecular weight is 585 g/mol. The number of aliphatic hydroxyl groups is 2. The van der Waals surface area contributed by atoms with Gasteiger partial charge in [0.25, 0.3) is 0 Å². The molecule has 2 fully saturated rings. The lowest BCUT2D eigenvalue weighted by Crippen LogP contribution is -2.46. The quantitative estimate of drug-likeness (QED) is 0.153. The maximum Gasteiger partial charge on any atom is 0.121 e. The van der Waals surface area contributed by atoms with Gasteiger partial charge < -0.3 is 14.9 Å². The van der Waals surface area contributed by atoms with Crippen LogP contribution < -0.4 is 0 Å². The standard InChI is InChI=1S/C40H56O3/c1-29(17-13-19-31(3)21-22-36-33(5)25-34(41)26-37(36,6)7)15-11-12-16-30(2)18-14-20-32(4)23-24-40-38(8,9)27-35(42)28-39(40,10)43-40/h11-25,34-36,41-42H,26-28H2,1-10H3/b12-11+,17-13+,18-14+,22-21+,24-23+,29-15-,30-16+,31-19-,32-20+/t34-,35+,36-,39?,40?/m0/s1. The fourth-order valence-electron chi connectivity index (χ4n) is 7.07. The zero-order valence-electron chi connectivity index (χ0n) is 28.3. The van der Waals surface area contributed by atoms with E-state index in [1.807, 2.05) is 6.08 Å². The first-order valence-electron chi connectivity index (χ1n) is 15.8. The molecule has 1 saturated heterocycles. The monoisotopic (exact) mass is 584 g/mol. The third-order valence-corrected chi connectivity index (χ3v) is 9.43. The van der Waals surface area contributed by atoms with Crippen LogP contribution in [-0.2, 0) is 4.74 Å². The summed E-state index contributed by atoms with van der Waals surface area (Å²) >= 11 is 0. The summed E-state index contributed by atoms with van der Waals surface area (Å²) in [6.07, 6.45) is 33.5. The van der Waals surface area contributed by atoms with E-state index in [0.29, 0.717) is 12.3 Å². The van der Waals surface area contributed by atoms with E-state index in [2.05, 4.69) is 154 Å². The molecular formula is C40H56O3. The SMILES string of the molecule is CC1=C[C@H](O)CC(C)(C)[C@H]1/C=C/C(C)=C\C=C\C(C)=C/C=C/C=C(C)/C=C/C=C(C)/C=C/C12OC1(C)C[C@H](O)CC2(C)C. The van der Waals surface area contributed by atoms with Crippen molar-refractivity contribution < 1.29 is 14.9 Å². The molecule has 3 heteroatoms. The first-order valence-corrected chi connectivity index (χ1v) is 15.8. The van der Waals surface area contributed by atoms with Gasteiger partial charge in [-0.2, -0.15) is 0 Å². The maximum absolute atomic E-state index is 10.2. The number of hydrogen-bond acceptors (Lipinski definition) is 3. The van der Waals surface area contributed by atoms with Gasteiger partial charge >= 0.3 is 0 Å². The summed E-state index contributed by atoms with van der Waals surface area (Å²) in [6, 6.07) is 0. The number of ether oxygens (including phenoxy) is 1. The molecule has 1 aliphatic heterocycles. The van der Waals surface area contributed by atoms with Crippen molar-refractivity contribution in [2.24, 2.45) is 16.7 Å². The number of epoxide rings is 1. The summed E-state index contributed by atoms with van der Waals surface area (Å²) in [5.41, 5.74) is 5.38. The van der Waals surface area contributed by atoms with Gasteiger partial charge in [0.1, 0.15) is 11.2 Å². The van der Waals surface area contributed by atoms with Crippen molar-refractivity contribution in [3.63, 3.8) is 0 Å². The Hall–Kier alpha value is -2.72. The Morgan fingerprint density at radius 2 is 1.23 bits per heavy atom. The minimum Gasteiger partial charge on any atom is -0.393 e. The molecule has 3 rings (SSSR count). The van der Waals surface area contributed by atoms with Crippen molar-refractivity contribution in [1.82, 2.24) is 0 Å². The van der Waals surface area contributed by atoms with Crippen LogP contribution in [0.4, 0.5) is 0 Å². The molecule has 2 N–H and O–H groups in total. The lowest BCUT2D eigenvalue weighted by Gasteiger charge is -2.39. The molecule has 1 heterocycles. The number of fused-ring (bicyclic) bond motifs is 1. The van der Waals surface area contributed by atoms with Crippen molar-refractivity contribution >= 4 is 0 Å². The molecule has 0 spiro atoms. The second-order valence-corrected chi connectivity index (χ2v) is 14.6. The smallest absolute Gasteiger partial charge is 0.121 e. The van der Waals surface area contributed by atoms with E-state index >= 15 is 0 Å². The second kappa shape index (κ2) is 13.9. The third kappa shape index (κ3) is 8.91. The van der Waals surface area contributed by atoms with Crippen LogP contribution in [0.2, 0.25) is 0 Å². The van der Waals surface area contributed by atoms with E-state index in [9.17, 15) is 10.2 Å². The average Bonchev–Trinajstić information content (AvgIpc) is 3.49. The Bertz CT molecular complexity index is 1320. The fraction of sp³-hybridized carbons (Fsp3) is 0.500. The highest BCUT2D eigenvalue weighted by molar-refractivity contribution is 5.37. The van der Waals surface area contributed by atoms with Crippen molar-refractivity contribution in [2.75, 3.05) is 0 Å². The van der Waals surface area contributed by atoms with Gasteiger partial charge in [0, 0.05) is 17.8 Å². The lowest BCUT2D eigenvalue weighted by atomic mass is 9.63. The van der Waals surface area contributed by atoms with Gasteiger partial charge in [0.05, 0.1) is 12.2 Å². The first kappa shape index (κ1) is 34.8. The highest BCUT2D eigenvalue weighted by Gasteiger charge is 2.74. The van der Waals surface area contributed by atoms with E-state index in [4.69, 9.17) is 4.74 Å². The van der Waals surface area contributed by atoms with Gasteiger partial charge in [-0.25, -0.2) is 0 Å². The Balaban J connectivity index is 1.49. The molecule has 0 amide bonds. The van der Waals surface area contributed by atoms with Crippen LogP contribution in [0.3, 0.4) is 0 Å². The van der Waals surface area contributed by atoms with Gasteiger partial charge in [-0.3, -0.25) is 0 Å². The Morgan fingerprint density at radius 1 is 0.721 bits per heavy atom. The Labute approximate surface area is 262 Å². The molecule has 3 aliphatic rings. The third-order valence-electron chi connectivity index (χ3n) is 9.43. The molecule has 2 aliphatic carbocycles. The van der Waals surface area contributed by atoms with Gasteiger partial charge in [-0.05, 0) is 65.9 Å². The zero-order chi connectivity index (χ0) is 32.1. The molecule has 3 nitrogen and oxygen atoms in total. The number of rotatable bonds is 10. The Morgan fingerprint density at radius 3 is 1.77 bits per heavy atom. The van der Waals surface area contributed by atoms with Crippen molar-refractivity contribution in [1.29, 1.82) is 0 Å². The molecule has 1 saturated carbocycles. The summed E-state index contributed by atoms with van der Waals surface area (Å²) in [5, 5.41) is 20.3. The minimum atomic E-state index is -0.333. The summed E-state index contributed by atoms with van der Waals surface area (Å²) in [4.78, 5) is 0. The number of allylic oxidation sites excluding steroid dienone is 18. The van der Waals surface area contributed by atoms with Crippen LogP contribution in [0.1, 0.15) is 88.5 Å². The van der Waals surface area contributed by atoms with Crippen LogP contribution in [0.5, 0.6) is 0 Å². The summed E-state index contributed by atoms with van der Waals surface area (Å²) < 4.78 is 6.25. The highest BCUT2D eigenvalue weighted by atomic mass is 16.6. The van der Waals surface area contributed by atoms with E-state index in [1.54, 1.807) is 0 Å². The van der Waals surface area contributed by atoms with E-state index < -0.39 is 0 Å². The largest absolute Gasteiger partial charge is 0.393 e. The second-order valence-electron chi connectivity index (χ2n) is 14.6. The van der Waals surface area contributed by atoms with E-state index in [-0.39, 0.29) is 34.2 Å². The van der Waals surface area contributed by atoms with Crippen molar-refractivity contribution in [3.8, 4) is 0 Å². The number of aliphatic hydroxyl groups excluding tert-OH is 2. The fourth-order valence-corrected chi connectivity index (χ4v) is 7.07. The van der Waals surface area contributed by atoms with Crippen LogP contribution >= 0.6 is 0 Å². The molecule has 0 aromatic heterocycles. The molecule has 5 atom stereocenters. The first-order chi connectivity index (χ1) is 20.0. The summed E-state index contributed by atoms with van der Waals surface area (Å²) in [7, 11) is 0. The lowest BCUT2D eigenvalue weighted by molar-refractivity contribution is 0.0515. The molecule has 0 bridgehead atoms. The van der Waals surface area contributed by atoms with Crippen LogP contribution in [0.15, 0.2) is 119 Å². The molecule has 234 valence electrons. The summed E-state index contributed by atoms with van der Waals surface area (Å²) in [6.45, 7) is 21.5. The minimum absolute atomic E-state index is 0.0547. The van der Waals surface area contributed by atoms with Crippen LogP contribution in [0.25, 0.3) is 0 Å². The van der Waals surface area contributed by atoms with Crippen LogP contribution in [0, 0.1) is 16.7 Å². The van der Waals surface area contributed by atoms with E-state index in [1.165, 1.54) is 27.9 Å². The predicted octanol–water partition coefficient (Wildman–Crippen LogP) is 9.61. The zero-order valence-corrected chi connectivity index (χ0v) is 28.3. The van der Waals surface area contributed by atoms with Crippen LogP contribution in [-0.4, -0.2) is 33.6 Å². The molecule has 43 heavy (non-hydrogen) atoms. The van der Waals surface area contributed by atoms with Gasteiger partial charge in [-0.15, -0.1) is 0 Å². The van der Waals surface area contributed by atoms with Crippen molar-refractivity contribution in [3.05, 3.63) is 119 Å². The topological polar surface area (TPSA) is 53.0 Å². The normalized spacial score (nSPS) is 33.8. The molecule has 0 aromatic rings. The molecule has 0 radical (unpaired) electrons. The van der Waals surface area contributed by atoms with Gasteiger partial charge in [0.2, 0.25) is 0 Å². The molecule has 2 unspecified atom stereocenters. The summed E-state index contributed by atoms with van der Waals surface area (Å²) in [5.74, 6) is 0.345. The number of hydrogen-bond donors (Lipinski definition) is 2. The molecular weight excluding hydrogens is 528 g/mol. The predicted molar refractivity (Wildman–Crippen MR) is 184 cm³/mol. The molecule has 0 aromatic carbocycles. The Kier molecular flexibility index (Phi) is 11.3. The maximum atomic E-state index is 10.2. The van der Waals surface area contributed by atoms with Crippen molar-refractivity contribution in [2.45, 2.75) is 112 Å². The highest BCUT2D eigenvalue weighted by Crippen LogP contribution is 2.66. The van der Waals surface area contributed by atoms with E-state index in [0.717, 1.165) is 12.8 Å².